The van der Waals surface area contributed by atoms with Crippen molar-refractivity contribution in [2.24, 2.45) is 22.5 Å². The van der Waals surface area contributed by atoms with E-state index < -0.39 is 51.9 Å². The molecule has 4 saturated heterocycles. The van der Waals surface area contributed by atoms with Gasteiger partial charge in [0.05, 0.1) is 32.9 Å². The fraction of sp³-hybridized carbons (Fsp3) is 0.500. The number of ether oxygens (including phenoxy) is 1. The number of benzene rings is 2. The van der Waals surface area contributed by atoms with Gasteiger partial charge in [-0.3, -0.25) is 39.1 Å². The molecule has 6 aliphatic rings. The summed E-state index contributed by atoms with van der Waals surface area (Å²) in [4.78, 5) is 71.5. The van der Waals surface area contributed by atoms with Gasteiger partial charge in [-0.05, 0) is 55.7 Å². The minimum absolute atomic E-state index is 0.00355. The Kier molecular flexibility index (Phi) is 10.1. The summed E-state index contributed by atoms with van der Waals surface area (Å²) in [6, 6.07) is 12.0. The number of halogens is 2. The monoisotopic (exact) mass is 866 g/mol. The van der Waals surface area contributed by atoms with Gasteiger partial charge in [0, 0.05) is 80.6 Å². The predicted molar refractivity (Wildman–Crippen MR) is 224 cm³/mol. The number of carbonyl (C=O) groups excluding carboxylic acids is 5. The van der Waals surface area contributed by atoms with E-state index in [0.717, 1.165) is 43.4 Å². The average molecular weight is 867 g/mol. The van der Waals surface area contributed by atoms with Crippen molar-refractivity contribution >= 4 is 52.6 Å². The highest BCUT2D eigenvalue weighted by molar-refractivity contribution is 6.31. The Bertz CT molecular complexity index is 2440. The molecule has 1 aliphatic carbocycles. The van der Waals surface area contributed by atoms with Crippen LogP contribution in [-0.4, -0.2) is 119 Å². The number of amides is 5. The lowest BCUT2D eigenvalue weighted by atomic mass is 9.49. The zero-order valence-corrected chi connectivity index (χ0v) is 35.7. The van der Waals surface area contributed by atoms with Crippen molar-refractivity contribution in [1.29, 1.82) is 5.26 Å². The summed E-state index contributed by atoms with van der Waals surface area (Å²) in [7, 11) is 0. The molecule has 16 nitrogen and oxygen atoms in total. The molecule has 1 aromatic heterocycles. The number of imide groups is 2. The van der Waals surface area contributed by atoms with Crippen molar-refractivity contribution in [1.82, 2.24) is 30.6 Å². The van der Waals surface area contributed by atoms with Gasteiger partial charge in [-0.2, -0.15) is 5.26 Å². The summed E-state index contributed by atoms with van der Waals surface area (Å²) in [6.45, 7) is 11.9. The number of nitrogens with one attached hydrogen (secondary N) is 2. The first-order chi connectivity index (χ1) is 29.4. The minimum Gasteiger partial charge on any atom is -0.489 e. The first-order valence-electron chi connectivity index (χ1n) is 21.0. The van der Waals surface area contributed by atoms with E-state index in [-0.39, 0.29) is 59.3 Å². The van der Waals surface area contributed by atoms with Crippen LogP contribution in [0.4, 0.5) is 15.9 Å². The van der Waals surface area contributed by atoms with Gasteiger partial charge in [0.25, 0.3) is 17.7 Å². The third-order valence-corrected chi connectivity index (χ3v) is 14.5. The van der Waals surface area contributed by atoms with Gasteiger partial charge >= 0.3 is 0 Å². The maximum atomic E-state index is 15.7. The number of rotatable bonds is 8. The molecular weight excluding hydrogens is 819 g/mol. The zero-order chi connectivity index (χ0) is 44.0. The number of aromatic nitrogens is 2. The zero-order valence-electron chi connectivity index (χ0n) is 34.9. The van der Waals surface area contributed by atoms with Gasteiger partial charge in [-0.1, -0.05) is 39.3 Å². The Morgan fingerprint density at radius 1 is 0.952 bits per heavy atom. The van der Waals surface area contributed by atoms with Crippen molar-refractivity contribution < 1.29 is 33.1 Å². The number of hydrogen-bond donors (Lipinski definition) is 3. The highest BCUT2D eigenvalue weighted by atomic mass is 35.5. The van der Waals surface area contributed by atoms with Crippen LogP contribution < -0.4 is 30.9 Å². The van der Waals surface area contributed by atoms with E-state index >= 15 is 4.39 Å². The third-order valence-electron chi connectivity index (χ3n) is 14.2. The van der Waals surface area contributed by atoms with E-state index in [1.165, 1.54) is 6.07 Å². The molecule has 2 aromatic carbocycles. The molecule has 62 heavy (non-hydrogen) atoms. The van der Waals surface area contributed by atoms with Gasteiger partial charge in [0.1, 0.15) is 29.8 Å². The fourth-order valence-electron chi connectivity index (χ4n) is 11.2. The SMILES string of the molecule is CC1(C)C(NC(=O)c2ccc(N3CCC(N4C[C@H]5CN(c6cc7c(cc6F)C(=O)N(C6CCC(=O)NC6=O)C7=O)C[C@@]5(N)C4)CC3)nn2)C(C)(C)C1Oc1ccc(C#N)c(Cl)c1. The van der Waals surface area contributed by atoms with Crippen molar-refractivity contribution in [3.05, 3.63) is 75.7 Å². The molecule has 18 heteroatoms. The summed E-state index contributed by atoms with van der Waals surface area (Å²) < 4.78 is 22.0. The van der Waals surface area contributed by atoms with E-state index in [4.69, 9.17) is 22.1 Å². The van der Waals surface area contributed by atoms with Crippen molar-refractivity contribution in [3.63, 3.8) is 0 Å². The summed E-state index contributed by atoms with van der Waals surface area (Å²) >= 11 is 6.24. The largest absolute Gasteiger partial charge is 0.489 e. The smallest absolute Gasteiger partial charge is 0.272 e. The molecule has 324 valence electrons. The van der Waals surface area contributed by atoms with E-state index in [9.17, 15) is 29.2 Å². The molecule has 1 saturated carbocycles. The maximum Gasteiger partial charge on any atom is 0.272 e. The van der Waals surface area contributed by atoms with Crippen LogP contribution in [0.25, 0.3) is 0 Å². The second kappa shape index (κ2) is 15.0. The Balaban J connectivity index is 0.772. The fourth-order valence-corrected chi connectivity index (χ4v) is 11.4. The van der Waals surface area contributed by atoms with E-state index in [1.54, 1.807) is 24.3 Å². The number of anilines is 2. The number of piperidine rings is 2. The Morgan fingerprint density at radius 3 is 2.29 bits per heavy atom. The van der Waals surface area contributed by atoms with Crippen molar-refractivity contribution in [3.8, 4) is 11.8 Å². The Labute approximate surface area is 362 Å². The number of nitrogens with zero attached hydrogens (tertiary/aromatic N) is 7. The third kappa shape index (κ3) is 6.83. The number of fused-ring (bicyclic) bond motifs is 2. The summed E-state index contributed by atoms with van der Waals surface area (Å²) in [5.74, 6) is -2.28. The minimum atomic E-state index is -1.13. The van der Waals surface area contributed by atoms with E-state index in [2.05, 4.69) is 36.7 Å². The van der Waals surface area contributed by atoms with Crippen LogP contribution in [0, 0.1) is 33.9 Å². The second-order valence-corrected chi connectivity index (χ2v) is 19.2. The molecule has 5 fully saturated rings. The molecule has 5 aliphatic heterocycles. The van der Waals surface area contributed by atoms with Gasteiger partial charge in [0.15, 0.2) is 11.5 Å². The lowest BCUT2D eigenvalue weighted by Crippen LogP contribution is -2.74. The molecule has 0 bridgehead atoms. The normalized spacial score (nSPS) is 28.0. The molecule has 1 unspecified atom stereocenters. The van der Waals surface area contributed by atoms with Crippen LogP contribution in [-0.2, 0) is 9.59 Å². The Hall–Kier alpha value is -5.70. The highest BCUT2D eigenvalue weighted by Crippen LogP contribution is 2.55. The lowest BCUT2D eigenvalue weighted by Gasteiger charge is -2.63. The molecule has 5 amide bonds. The molecule has 6 heterocycles. The van der Waals surface area contributed by atoms with Crippen LogP contribution in [0.2, 0.25) is 5.02 Å². The average Bonchev–Trinajstić information content (AvgIpc) is 3.82. The summed E-state index contributed by atoms with van der Waals surface area (Å²) in [5, 5.41) is 23.6. The number of nitrogens with two attached hydrogens (primary N) is 1. The van der Waals surface area contributed by atoms with Gasteiger partial charge in [-0.15, -0.1) is 10.2 Å². The molecule has 3 atom stereocenters. The number of carbonyl (C=O) groups is 5. The second-order valence-electron chi connectivity index (χ2n) is 18.8. The number of hydrogen-bond acceptors (Lipinski definition) is 13. The van der Waals surface area contributed by atoms with E-state index in [1.807, 2.05) is 38.7 Å². The van der Waals surface area contributed by atoms with E-state index in [0.29, 0.717) is 47.8 Å². The Morgan fingerprint density at radius 2 is 1.66 bits per heavy atom. The van der Waals surface area contributed by atoms with Crippen LogP contribution in [0.3, 0.4) is 0 Å². The molecule has 3 aromatic rings. The van der Waals surface area contributed by atoms with Gasteiger partial charge in [0.2, 0.25) is 11.8 Å². The van der Waals surface area contributed by atoms with Crippen LogP contribution in [0.15, 0.2) is 42.5 Å². The standard InChI is InChI=1S/C44H48ClFN10O6/c1-42(2)40(43(3,4)41(42)62-26-6-5-23(18-47)29(45)15-26)50-36(58)31-7-9-34(52-51-31)53-13-11-25(12-14-53)54-19-24-20-55(22-44(24,48)21-54)33-17-28-27(16-30(33)46)38(60)56(39(28)61)32-8-10-35(57)49-37(32)59/h5-7,9,15-17,24-25,32,40-41H,8,10-14,19-22,48H2,1-4H3,(H,50,58)(H,49,57,59)/t24-,32?,40?,41?,44-/m0/s1. The summed E-state index contributed by atoms with van der Waals surface area (Å²) in [6.07, 6.45) is 1.52. The first-order valence-corrected chi connectivity index (χ1v) is 21.4. The molecule has 4 N–H and O–H groups in total. The van der Waals surface area contributed by atoms with Gasteiger partial charge in [-0.25, -0.2) is 4.39 Å². The molecule has 0 spiro atoms. The van der Waals surface area contributed by atoms with Crippen LogP contribution in [0.5, 0.6) is 5.75 Å². The van der Waals surface area contributed by atoms with Gasteiger partial charge < -0.3 is 25.6 Å². The number of nitriles is 1. The molecule has 0 radical (unpaired) electrons. The summed E-state index contributed by atoms with van der Waals surface area (Å²) in [5.41, 5.74) is 6.30. The first kappa shape index (κ1) is 41.6. The lowest BCUT2D eigenvalue weighted by molar-refractivity contribution is -0.164. The molecule has 9 rings (SSSR count). The van der Waals surface area contributed by atoms with Crippen LogP contribution in [0.1, 0.15) is 90.1 Å². The molecular formula is C44H48ClFN10O6. The van der Waals surface area contributed by atoms with Crippen molar-refractivity contribution in [2.45, 2.75) is 83.1 Å². The maximum absolute atomic E-state index is 15.7. The number of likely N-dealkylation sites (tertiary alicyclic amines) is 1. The topological polar surface area (TPSA) is 207 Å². The highest BCUT2D eigenvalue weighted by Gasteiger charge is 2.64. The van der Waals surface area contributed by atoms with Crippen molar-refractivity contribution in [2.75, 3.05) is 49.1 Å². The van der Waals surface area contributed by atoms with Crippen LogP contribution >= 0.6 is 11.6 Å². The predicted octanol–water partition coefficient (Wildman–Crippen LogP) is 3.27. The quantitative estimate of drug-likeness (QED) is 0.279.